The smallest absolute Gasteiger partial charge is 0.313 e. The molecule has 0 aromatic heterocycles. The Labute approximate surface area is 105 Å². The second-order valence-corrected chi connectivity index (χ2v) is 5.38. The van der Waals surface area contributed by atoms with E-state index in [0.717, 1.165) is 11.8 Å². The molecule has 0 rings (SSSR count). The lowest BCUT2D eigenvalue weighted by Gasteiger charge is -2.27. The molecule has 0 bridgehead atoms. The molecular formula is C10H20N2O4S. The monoisotopic (exact) mass is 264 g/mol. The molecule has 0 fully saturated rings. The van der Waals surface area contributed by atoms with Crippen LogP contribution in [0.2, 0.25) is 0 Å². The van der Waals surface area contributed by atoms with Crippen LogP contribution in [-0.4, -0.2) is 71.3 Å². The minimum absolute atomic E-state index is 0.0876. The SMILES string of the molecule is CN(C)CC(C)(O)CNC(=O)CSCC(=O)O. The standard InChI is InChI=1S/C10H20N2O4S/c1-10(16,7-12(2)3)6-11-8(13)4-17-5-9(14)15/h16H,4-7H2,1-3H3,(H,11,13)(H,14,15). The van der Waals surface area contributed by atoms with Crippen LogP contribution in [0.5, 0.6) is 0 Å². The average Bonchev–Trinajstić information content (AvgIpc) is 2.12. The molecule has 0 spiro atoms. The Bertz CT molecular complexity index is 269. The van der Waals surface area contributed by atoms with Crippen molar-refractivity contribution in [2.75, 3.05) is 38.7 Å². The summed E-state index contributed by atoms with van der Waals surface area (Å²) in [4.78, 5) is 23.4. The summed E-state index contributed by atoms with van der Waals surface area (Å²) < 4.78 is 0. The van der Waals surface area contributed by atoms with Gasteiger partial charge in [0.25, 0.3) is 0 Å². The van der Waals surface area contributed by atoms with Crippen molar-refractivity contribution in [2.45, 2.75) is 12.5 Å². The highest BCUT2D eigenvalue weighted by Crippen LogP contribution is 2.03. The minimum Gasteiger partial charge on any atom is -0.481 e. The van der Waals surface area contributed by atoms with Gasteiger partial charge in [-0.3, -0.25) is 9.59 Å². The molecule has 17 heavy (non-hydrogen) atoms. The first-order valence-electron chi connectivity index (χ1n) is 5.16. The number of likely N-dealkylation sites (N-methyl/N-ethyl adjacent to an activating group) is 1. The number of carbonyl (C=O) groups excluding carboxylic acids is 1. The summed E-state index contributed by atoms with van der Waals surface area (Å²) in [7, 11) is 3.66. The third kappa shape index (κ3) is 10.1. The quantitative estimate of drug-likeness (QED) is 0.533. The van der Waals surface area contributed by atoms with Crippen LogP contribution in [0.3, 0.4) is 0 Å². The maximum atomic E-state index is 11.3. The zero-order chi connectivity index (χ0) is 13.5. The lowest BCUT2D eigenvalue weighted by Crippen LogP contribution is -2.47. The zero-order valence-corrected chi connectivity index (χ0v) is 11.2. The van der Waals surface area contributed by atoms with Gasteiger partial charge in [-0.25, -0.2) is 0 Å². The highest BCUT2D eigenvalue weighted by atomic mass is 32.2. The number of nitrogens with one attached hydrogen (secondary N) is 1. The molecule has 0 radical (unpaired) electrons. The molecule has 0 aromatic rings. The van der Waals surface area contributed by atoms with Gasteiger partial charge in [-0.1, -0.05) is 0 Å². The number of carbonyl (C=O) groups is 2. The molecule has 3 N–H and O–H groups in total. The fraction of sp³-hybridized carbons (Fsp3) is 0.800. The fourth-order valence-electron chi connectivity index (χ4n) is 1.31. The molecule has 1 unspecified atom stereocenters. The van der Waals surface area contributed by atoms with Crippen molar-refractivity contribution in [2.24, 2.45) is 0 Å². The van der Waals surface area contributed by atoms with Crippen LogP contribution < -0.4 is 5.32 Å². The summed E-state index contributed by atoms with van der Waals surface area (Å²) >= 11 is 1.03. The second kappa shape index (κ2) is 7.52. The van der Waals surface area contributed by atoms with Crippen LogP contribution in [0.1, 0.15) is 6.92 Å². The molecule has 1 amide bonds. The van der Waals surface area contributed by atoms with E-state index in [2.05, 4.69) is 5.32 Å². The van der Waals surface area contributed by atoms with E-state index in [1.807, 2.05) is 19.0 Å². The summed E-state index contributed by atoms with van der Waals surface area (Å²) in [5.41, 5.74) is -0.989. The van der Waals surface area contributed by atoms with Gasteiger partial charge in [0.15, 0.2) is 0 Å². The van der Waals surface area contributed by atoms with Crippen LogP contribution in [0.15, 0.2) is 0 Å². The van der Waals surface area contributed by atoms with Crippen molar-refractivity contribution >= 4 is 23.6 Å². The number of aliphatic carboxylic acids is 1. The molecular weight excluding hydrogens is 244 g/mol. The predicted octanol–water partition coefficient (Wildman–Crippen LogP) is -0.767. The fourth-order valence-corrected chi connectivity index (χ4v) is 1.87. The van der Waals surface area contributed by atoms with E-state index >= 15 is 0 Å². The van der Waals surface area contributed by atoms with Crippen LogP contribution in [0.4, 0.5) is 0 Å². The van der Waals surface area contributed by atoms with E-state index in [4.69, 9.17) is 5.11 Å². The topological polar surface area (TPSA) is 89.9 Å². The van der Waals surface area contributed by atoms with Gasteiger partial charge < -0.3 is 20.4 Å². The van der Waals surface area contributed by atoms with Crippen LogP contribution in [-0.2, 0) is 9.59 Å². The third-order valence-corrected chi connectivity index (χ3v) is 2.70. The molecule has 100 valence electrons. The van der Waals surface area contributed by atoms with Crippen molar-refractivity contribution in [1.82, 2.24) is 10.2 Å². The van der Waals surface area contributed by atoms with Gasteiger partial charge in [0, 0.05) is 13.1 Å². The molecule has 7 heteroatoms. The highest BCUT2D eigenvalue weighted by molar-refractivity contribution is 8.00. The lowest BCUT2D eigenvalue weighted by atomic mass is 10.1. The van der Waals surface area contributed by atoms with Gasteiger partial charge in [-0.2, -0.15) is 0 Å². The molecule has 0 saturated heterocycles. The van der Waals surface area contributed by atoms with Crippen LogP contribution >= 0.6 is 11.8 Å². The van der Waals surface area contributed by atoms with Gasteiger partial charge in [0.2, 0.25) is 5.91 Å². The number of thioether (sulfide) groups is 1. The second-order valence-electron chi connectivity index (χ2n) is 4.40. The number of carboxylic acids is 1. The van der Waals surface area contributed by atoms with E-state index in [1.165, 1.54) is 0 Å². The molecule has 0 saturated carbocycles. The minimum atomic E-state index is -0.989. The van der Waals surface area contributed by atoms with Crippen LogP contribution in [0, 0.1) is 0 Å². The van der Waals surface area contributed by atoms with Crippen molar-refractivity contribution in [3.05, 3.63) is 0 Å². The van der Waals surface area contributed by atoms with Gasteiger partial charge >= 0.3 is 5.97 Å². The van der Waals surface area contributed by atoms with Crippen LogP contribution in [0.25, 0.3) is 0 Å². The largest absolute Gasteiger partial charge is 0.481 e. The normalized spacial score (nSPS) is 14.4. The molecule has 0 aliphatic heterocycles. The maximum absolute atomic E-state index is 11.3. The first-order chi connectivity index (χ1) is 7.73. The van der Waals surface area contributed by atoms with E-state index in [9.17, 15) is 14.7 Å². The van der Waals surface area contributed by atoms with Crippen molar-refractivity contribution in [3.8, 4) is 0 Å². The third-order valence-electron chi connectivity index (χ3n) is 1.78. The summed E-state index contributed by atoms with van der Waals surface area (Å²) in [6.07, 6.45) is 0. The Kier molecular flexibility index (Phi) is 7.17. The molecule has 6 nitrogen and oxygen atoms in total. The lowest BCUT2D eigenvalue weighted by molar-refractivity contribution is -0.133. The Morgan fingerprint density at radius 3 is 2.41 bits per heavy atom. The van der Waals surface area contributed by atoms with Crippen molar-refractivity contribution in [3.63, 3.8) is 0 Å². The summed E-state index contributed by atoms with van der Waals surface area (Å²) in [5, 5.41) is 20.8. The summed E-state index contributed by atoms with van der Waals surface area (Å²) in [5.74, 6) is -1.22. The predicted molar refractivity (Wildman–Crippen MR) is 67.1 cm³/mol. The van der Waals surface area contributed by atoms with Gasteiger partial charge in [-0.15, -0.1) is 11.8 Å². The first-order valence-corrected chi connectivity index (χ1v) is 6.32. The van der Waals surface area contributed by atoms with Gasteiger partial charge in [0.05, 0.1) is 17.1 Å². The van der Waals surface area contributed by atoms with E-state index < -0.39 is 11.6 Å². The van der Waals surface area contributed by atoms with E-state index in [0.29, 0.717) is 6.54 Å². The molecule has 0 aliphatic rings. The van der Waals surface area contributed by atoms with Gasteiger partial charge in [-0.05, 0) is 21.0 Å². The number of nitrogens with zero attached hydrogens (tertiary/aromatic N) is 1. The highest BCUT2D eigenvalue weighted by Gasteiger charge is 2.21. The Morgan fingerprint density at radius 2 is 1.94 bits per heavy atom. The Balaban J connectivity index is 3.79. The van der Waals surface area contributed by atoms with Crippen molar-refractivity contribution < 1.29 is 19.8 Å². The number of carboxylic acid groups (broad SMARTS) is 1. The summed E-state index contributed by atoms with van der Waals surface area (Å²) in [6.45, 7) is 2.23. The maximum Gasteiger partial charge on any atom is 0.313 e. The Morgan fingerprint density at radius 1 is 1.35 bits per heavy atom. The number of amides is 1. The number of rotatable bonds is 8. The van der Waals surface area contributed by atoms with E-state index in [1.54, 1.807) is 6.92 Å². The molecule has 1 atom stereocenters. The Hall–Kier alpha value is -0.790. The first kappa shape index (κ1) is 16.2. The number of aliphatic hydroxyl groups is 1. The molecule has 0 aromatic carbocycles. The zero-order valence-electron chi connectivity index (χ0n) is 10.4. The average molecular weight is 264 g/mol. The summed E-state index contributed by atoms with van der Waals surface area (Å²) in [6, 6.07) is 0. The molecule has 0 aliphatic carbocycles. The number of hydrogen-bond donors (Lipinski definition) is 3. The number of hydrogen-bond acceptors (Lipinski definition) is 5. The van der Waals surface area contributed by atoms with Crippen molar-refractivity contribution in [1.29, 1.82) is 0 Å². The molecule has 0 heterocycles. The van der Waals surface area contributed by atoms with E-state index in [-0.39, 0.29) is 24.0 Å². The van der Waals surface area contributed by atoms with Gasteiger partial charge in [0.1, 0.15) is 0 Å².